The summed E-state index contributed by atoms with van der Waals surface area (Å²) < 4.78 is 0. The number of hydrogen-bond donors (Lipinski definition) is 1. The minimum atomic E-state index is -1.49. The van der Waals surface area contributed by atoms with Gasteiger partial charge in [-0.2, -0.15) is 0 Å². The highest BCUT2D eigenvalue weighted by atomic mass is 15.6. The highest BCUT2D eigenvalue weighted by molar-refractivity contribution is 6.62. The van der Waals surface area contributed by atoms with Gasteiger partial charge in [-0.05, 0) is 11.5 Å². The van der Waals surface area contributed by atoms with E-state index >= 15 is 0 Å². The van der Waals surface area contributed by atoms with Crippen LogP contribution in [0.1, 0.15) is 27.7 Å². The van der Waals surface area contributed by atoms with Crippen LogP contribution in [-0.4, -0.2) is 48.4 Å². The molecule has 78 valence electrons. The molecule has 1 unspecified atom stereocenters. The van der Waals surface area contributed by atoms with Gasteiger partial charge in [-0.25, -0.2) is 5.43 Å². The van der Waals surface area contributed by atoms with Crippen molar-refractivity contribution >= 4 is 31.4 Å². The van der Waals surface area contributed by atoms with Gasteiger partial charge >= 0.3 is 0 Å². The van der Waals surface area contributed by atoms with E-state index in [4.69, 9.17) is 31.4 Å². The van der Waals surface area contributed by atoms with Crippen LogP contribution in [0.3, 0.4) is 0 Å². The zero-order valence-corrected chi connectivity index (χ0v) is 10.5. The third kappa shape index (κ3) is 2.37. The first-order chi connectivity index (χ1) is 6.98. The Hall–Kier alpha value is -0.240. The fourth-order valence-electron chi connectivity index (χ4n) is 1.66. The number of rotatable bonds is 2. The summed E-state index contributed by atoms with van der Waals surface area (Å²) in [5, 5.41) is 0.279. The standard InChI is InChI=1S/C10H16B4N2/c1-8(2,3)7-5-6-15-16(7)9(4,11)10(12,13)14/h5,15H,6H2,1-4H3. The molecule has 0 aromatic rings. The molecule has 1 rings (SSSR count). The Labute approximate surface area is 104 Å². The van der Waals surface area contributed by atoms with Crippen LogP contribution in [0.5, 0.6) is 0 Å². The Kier molecular flexibility index (Phi) is 3.37. The van der Waals surface area contributed by atoms with Crippen LogP contribution in [0.25, 0.3) is 0 Å². The quantitative estimate of drug-likeness (QED) is 0.651. The van der Waals surface area contributed by atoms with Gasteiger partial charge < -0.3 is 5.01 Å². The molecule has 0 aliphatic carbocycles. The van der Waals surface area contributed by atoms with Crippen molar-refractivity contribution in [2.45, 2.75) is 38.2 Å². The number of hydrazine groups is 1. The minimum absolute atomic E-state index is 0.0462. The summed E-state index contributed by atoms with van der Waals surface area (Å²) in [4.78, 5) is 0. The zero-order chi connectivity index (χ0) is 12.8. The van der Waals surface area contributed by atoms with E-state index < -0.39 is 10.6 Å². The second-order valence-electron chi connectivity index (χ2n) is 5.62. The van der Waals surface area contributed by atoms with Gasteiger partial charge in [0.15, 0.2) is 0 Å². The van der Waals surface area contributed by atoms with Crippen molar-refractivity contribution in [1.82, 2.24) is 10.4 Å². The average molecular weight is 208 g/mol. The van der Waals surface area contributed by atoms with Crippen molar-refractivity contribution in [3.05, 3.63) is 11.8 Å². The maximum Gasteiger partial charge on any atom is 0.103 e. The van der Waals surface area contributed by atoms with Gasteiger partial charge in [0.05, 0.1) is 23.5 Å². The molecule has 6 heteroatoms. The summed E-state index contributed by atoms with van der Waals surface area (Å²) in [7, 11) is 23.3. The van der Waals surface area contributed by atoms with E-state index in [9.17, 15) is 0 Å². The van der Waals surface area contributed by atoms with Gasteiger partial charge in [-0.3, -0.25) is 0 Å². The molecule has 1 aliphatic heterocycles. The highest BCUT2D eigenvalue weighted by Gasteiger charge is 2.41. The molecule has 0 amide bonds. The molecule has 1 aliphatic rings. The topological polar surface area (TPSA) is 15.3 Å². The van der Waals surface area contributed by atoms with Crippen molar-refractivity contribution in [3.63, 3.8) is 0 Å². The highest BCUT2D eigenvalue weighted by Crippen LogP contribution is 2.39. The Morgan fingerprint density at radius 1 is 1.12 bits per heavy atom. The van der Waals surface area contributed by atoms with Crippen LogP contribution < -0.4 is 5.43 Å². The fraction of sp³-hybridized carbons (Fsp3) is 0.800. The first-order valence-corrected chi connectivity index (χ1v) is 5.38. The number of hydrogen-bond acceptors (Lipinski definition) is 2. The summed E-state index contributed by atoms with van der Waals surface area (Å²) >= 11 is 0. The molecule has 16 heavy (non-hydrogen) atoms. The maximum atomic E-state index is 6.13. The molecule has 8 radical (unpaired) electrons. The van der Waals surface area contributed by atoms with Gasteiger partial charge in [0.1, 0.15) is 7.85 Å². The monoisotopic (exact) mass is 208 g/mol. The van der Waals surface area contributed by atoms with E-state index in [1.807, 2.05) is 0 Å². The van der Waals surface area contributed by atoms with Crippen LogP contribution in [-0.2, 0) is 0 Å². The van der Waals surface area contributed by atoms with Crippen LogP contribution in [0, 0.1) is 5.41 Å². The molecule has 1 N–H and O–H groups in total. The lowest BCUT2D eigenvalue weighted by atomic mass is 9.31. The van der Waals surface area contributed by atoms with Crippen molar-refractivity contribution < 1.29 is 0 Å². The number of nitrogens with zero attached hydrogens (tertiary/aromatic N) is 1. The Balaban J connectivity index is 3.03. The normalized spacial score (nSPS) is 21.8. The molecule has 0 aromatic heterocycles. The van der Waals surface area contributed by atoms with Crippen LogP contribution in [0.2, 0.25) is 5.11 Å². The van der Waals surface area contributed by atoms with E-state index in [2.05, 4.69) is 32.3 Å². The molecule has 0 saturated carbocycles. The third-order valence-electron chi connectivity index (χ3n) is 2.90. The predicted octanol–water partition coefficient (Wildman–Crippen LogP) is 0.200. The molecule has 0 saturated heterocycles. The Morgan fingerprint density at radius 2 is 1.62 bits per heavy atom. The molecule has 0 fully saturated rings. The van der Waals surface area contributed by atoms with Crippen molar-refractivity contribution in [1.29, 1.82) is 0 Å². The van der Waals surface area contributed by atoms with Crippen LogP contribution in [0.4, 0.5) is 0 Å². The van der Waals surface area contributed by atoms with E-state index in [-0.39, 0.29) is 5.41 Å². The van der Waals surface area contributed by atoms with Crippen molar-refractivity contribution in [3.8, 4) is 0 Å². The molecule has 1 atom stereocenters. The van der Waals surface area contributed by atoms with Gasteiger partial charge in [0, 0.05) is 17.7 Å². The summed E-state index contributed by atoms with van der Waals surface area (Å²) in [5.41, 5.74) is 3.07. The first-order valence-electron chi connectivity index (χ1n) is 5.38. The summed E-state index contributed by atoms with van der Waals surface area (Å²) in [6, 6.07) is 0. The molecule has 1 heterocycles. The maximum absolute atomic E-state index is 6.13. The SMILES string of the molecule is [B]C([B])([B])C([B])(C)N1NCC=C1C(C)(C)C. The smallest absolute Gasteiger partial charge is 0.103 e. The van der Waals surface area contributed by atoms with Crippen molar-refractivity contribution in [2.75, 3.05) is 6.54 Å². The van der Waals surface area contributed by atoms with E-state index in [0.717, 1.165) is 5.70 Å². The molecule has 0 spiro atoms. The van der Waals surface area contributed by atoms with Gasteiger partial charge in [0.25, 0.3) is 0 Å². The molecular formula is C10H16B4N2. The lowest BCUT2D eigenvalue weighted by Crippen LogP contribution is -2.60. The first kappa shape index (κ1) is 13.8. The average Bonchev–Trinajstić information content (AvgIpc) is 2.47. The van der Waals surface area contributed by atoms with Crippen LogP contribution in [0.15, 0.2) is 11.8 Å². The van der Waals surface area contributed by atoms with E-state index in [1.165, 1.54) is 0 Å². The predicted molar refractivity (Wildman–Crippen MR) is 71.5 cm³/mol. The lowest BCUT2D eigenvalue weighted by Gasteiger charge is -2.52. The van der Waals surface area contributed by atoms with E-state index in [0.29, 0.717) is 6.54 Å². The fourth-order valence-corrected chi connectivity index (χ4v) is 1.66. The van der Waals surface area contributed by atoms with E-state index in [1.54, 1.807) is 11.9 Å². The summed E-state index contributed by atoms with van der Waals surface area (Å²) in [6.07, 6.45) is 2.07. The summed E-state index contributed by atoms with van der Waals surface area (Å²) in [5.74, 6) is 0. The van der Waals surface area contributed by atoms with Gasteiger partial charge in [-0.1, -0.05) is 27.7 Å². The van der Waals surface area contributed by atoms with Gasteiger partial charge in [0.2, 0.25) is 0 Å². The Morgan fingerprint density at radius 3 is 2.00 bits per heavy atom. The lowest BCUT2D eigenvalue weighted by molar-refractivity contribution is 0.143. The minimum Gasteiger partial charge on any atom is -0.317 e. The number of nitrogens with one attached hydrogen (secondary N) is 1. The summed E-state index contributed by atoms with van der Waals surface area (Å²) in [6.45, 7) is 8.71. The third-order valence-corrected chi connectivity index (χ3v) is 2.90. The van der Waals surface area contributed by atoms with Gasteiger partial charge in [-0.15, -0.1) is 5.11 Å². The second-order valence-corrected chi connectivity index (χ2v) is 5.62. The number of allylic oxidation sites excluding steroid dienone is 1. The van der Waals surface area contributed by atoms with Crippen molar-refractivity contribution in [2.24, 2.45) is 5.41 Å². The largest absolute Gasteiger partial charge is 0.317 e. The Bertz CT molecular complexity index is 299. The molecular weight excluding hydrogens is 191 g/mol. The second kappa shape index (κ2) is 3.90. The molecule has 0 aromatic carbocycles. The van der Waals surface area contributed by atoms with Crippen LogP contribution >= 0.6 is 0 Å². The molecule has 2 nitrogen and oxygen atoms in total. The molecule has 0 bridgehead atoms. The zero-order valence-electron chi connectivity index (χ0n) is 10.5.